The van der Waals surface area contributed by atoms with E-state index in [4.69, 9.17) is 0 Å². The van der Waals surface area contributed by atoms with Gasteiger partial charge in [0.1, 0.15) is 0 Å². The molecular weight excluding hydrogens is 162 g/mol. The van der Waals surface area contributed by atoms with Crippen LogP contribution in [0.1, 0.15) is 48.1 Å². The molecule has 0 aliphatic heterocycles. The van der Waals surface area contributed by atoms with E-state index < -0.39 is 0 Å². The SMILES string of the molecule is CC.CC(=O)c1c(C)[nH]c(C)c1C. The van der Waals surface area contributed by atoms with Gasteiger partial charge in [-0.1, -0.05) is 13.8 Å². The van der Waals surface area contributed by atoms with E-state index in [1.165, 1.54) is 0 Å². The summed E-state index contributed by atoms with van der Waals surface area (Å²) in [4.78, 5) is 14.2. The van der Waals surface area contributed by atoms with E-state index >= 15 is 0 Å². The Hall–Kier alpha value is -1.05. The number of aryl methyl sites for hydroxylation is 2. The summed E-state index contributed by atoms with van der Waals surface area (Å²) in [6.45, 7) is 11.5. The molecule has 0 aromatic carbocycles. The van der Waals surface area contributed by atoms with Gasteiger partial charge in [-0.15, -0.1) is 0 Å². The topological polar surface area (TPSA) is 32.9 Å². The van der Waals surface area contributed by atoms with Gasteiger partial charge in [0.05, 0.1) is 0 Å². The van der Waals surface area contributed by atoms with Gasteiger partial charge >= 0.3 is 0 Å². The van der Waals surface area contributed by atoms with Gasteiger partial charge in [-0.25, -0.2) is 0 Å². The number of carbonyl (C=O) groups excluding carboxylic acids is 1. The third-order valence-corrected chi connectivity index (χ3v) is 2.04. The number of hydrogen-bond acceptors (Lipinski definition) is 1. The van der Waals surface area contributed by atoms with E-state index in [0.717, 1.165) is 22.5 Å². The highest BCUT2D eigenvalue weighted by molar-refractivity contribution is 5.97. The lowest BCUT2D eigenvalue weighted by Crippen LogP contribution is -1.94. The van der Waals surface area contributed by atoms with Gasteiger partial charge in [-0.05, 0) is 33.3 Å². The molecule has 1 N–H and O–H groups in total. The van der Waals surface area contributed by atoms with Crippen LogP contribution in [0, 0.1) is 20.8 Å². The Bertz CT molecular complexity index is 297. The molecule has 0 spiro atoms. The van der Waals surface area contributed by atoms with Gasteiger partial charge in [0.2, 0.25) is 0 Å². The third-order valence-electron chi connectivity index (χ3n) is 2.04. The fourth-order valence-electron chi connectivity index (χ4n) is 1.43. The second-order valence-corrected chi connectivity index (χ2v) is 2.93. The molecule has 1 aromatic rings. The smallest absolute Gasteiger partial charge is 0.161 e. The van der Waals surface area contributed by atoms with Crippen molar-refractivity contribution in [3.63, 3.8) is 0 Å². The van der Waals surface area contributed by atoms with Crippen molar-refractivity contribution in [2.45, 2.75) is 41.5 Å². The van der Waals surface area contributed by atoms with Crippen molar-refractivity contribution in [3.05, 3.63) is 22.5 Å². The van der Waals surface area contributed by atoms with Crippen LogP contribution in [0.25, 0.3) is 0 Å². The molecule has 0 saturated carbocycles. The van der Waals surface area contributed by atoms with Gasteiger partial charge < -0.3 is 4.98 Å². The van der Waals surface area contributed by atoms with Gasteiger partial charge in [-0.2, -0.15) is 0 Å². The Morgan fingerprint density at radius 2 is 1.54 bits per heavy atom. The van der Waals surface area contributed by atoms with Crippen molar-refractivity contribution in [2.75, 3.05) is 0 Å². The van der Waals surface area contributed by atoms with Crippen LogP contribution in [0.2, 0.25) is 0 Å². The number of nitrogens with one attached hydrogen (secondary N) is 1. The van der Waals surface area contributed by atoms with Crippen LogP contribution in [0.3, 0.4) is 0 Å². The van der Waals surface area contributed by atoms with Crippen molar-refractivity contribution in [2.24, 2.45) is 0 Å². The van der Waals surface area contributed by atoms with Crippen LogP contribution in [-0.4, -0.2) is 10.8 Å². The predicted molar refractivity (Wildman–Crippen MR) is 56.4 cm³/mol. The molecule has 0 fully saturated rings. The Morgan fingerprint density at radius 3 is 1.69 bits per heavy atom. The highest BCUT2D eigenvalue weighted by atomic mass is 16.1. The van der Waals surface area contributed by atoms with Gasteiger partial charge in [0.15, 0.2) is 5.78 Å². The van der Waals surface area contributed by atoms with E-state index in [0.29, 0.717) is 0 Å². The zero-order chi connectivity index (χ0) is 10.6. The summed E-state index contributed by atoms with van der Waals surface area (Å²) in [5.41, 5.74) is 4.00. The predicted octanol–water partition coefficient (Wildman–Crippen LogP) is 3.17. The molecule has 0 aliphatic carbocycles. The molecule has 1 rings (SSSR count). The molecule has 0 bridgehead atoms. The first-order valence-electron chi connectivity index (χ1n) is 4.70. The average Bonchev–Trinajstić information content (AvgIpc) is 2.30. The Labute approximate surface area is 80.4 Å². The molecule has 0 atom stereocenters. The zero-order valence-electron chi connectivity index (χ0n) is 9.41. The maximum Gasteiger partial charge on any atom is 0.161 e. The molecule has 0 saturated heterocycles. The van der Waals surface area contributed by atoms with Crippen molar-refractivity contribution >= 4 is 5.78 Å². The van der Waals surface area contributed by atoms with Gasteiger partial charge in [0.25, 0.3) is 0 Å². The van der Waals surface area contributed by atoms with Crippen LogP contribution in [-0.2, 0) is 0 Å². The summed E-state index contributed by atoms with van der Waals surface area (Å²) in [7, 11) is 0. The Morgan fingerprint density at radius 1 is 1.08 bits per heavy atom. The number of rotatable bonds is 1. The van der Waals surface area contributed by atoms with Crippen LogP contribution in [0.15, 0.2) is 0 Å². The van der Waals surface area contributed by atoms with Crippen LogP contribution in [0.5, 0.6) is 0 Å². The van der Waals surface area contributed by atoms with Crippen molar-refractivity contribution in [1.29, 1.82) is 0 Å². The first kappa shape index (κ1) is 11.9. The quantitative estimate of drug-likeness (QED) is 0.663. The van der Waals surface area contributed by atoms with Crippen LogP contribution >= 0.6 is 0 Å². The lowest BCUT2D eigenvalue weighted by atomic mass is 10.1. The molecule has 74 valence electrons. The minimum atomic E-state index is 0.143. The third kappa shape index (κ3) is 2.44. The molecule has 13 heavy (non-hydrogen) atoms. The lowest BCUT2D eigenvalue weighted by molar-refractivity contribution is 0.101. The summed E-state index contributed by atoms with van der Waals surface area (Å²) in [6.07, 6.45) is 0. The minimum Gasteiger partial charge on any atom is -0.362 e. The molecule has 1 heterocycles. The van der Waals surface area contributed by atoms with Crippen LogP contribution < -0.4 is 0 Å². The summed E-state index contributed by atoms with van der Waals surface area (Å²) in [5, 5.41) is 0. The summed E-state index contributed by atoms with van der Waals surface area (Å²) >= 11 is 0. The molecule has 0 amide bonds. The van der Waals surface area contributed by atoms with E-state index in [9.17, 15) is 4.79 Å². The van der Waals surface area contributed by atoms with Gasteiger partial charge in [-0.3, -0.25) is 4.79 Å². The maximum atomic E-state index is 11.1. The van der Waals surface area contributed by atoms with Crippen molar-refractivity contribution < 1.29 is 4.79 Å². The molecule has 1 aromatic heterocycles. The first-order chi connectivity index (χ1) is 6.04. The van der Waals surface area contributed by atoms with E-state index in [1.807, 2.05) is 34.6 Å². The maximum absolute atomic E-state index is 11.1. The number of hydrogen-bond donors (Lipinski definition) is 1. The van der Waals surface area contributed by atoms with E-state index in [-0.39, 0.29) is 5.78 Å². The second-order valence-electron chi connectivity index (χ2n) is 2.93. The Balaban J connectivity index is 0.000000671. The monoisotopic (exact) mass is 181 g/mol. The number of Topliss-reactive ketones (excluding diaryl/α,β-unsaturated/α-hetero) is 1. The molecule has 2 heteroatoms. The molecule has 0 aliphatic rings. The zero-order valence-corrected chi connectivity index (χ0v) is 9.41. The number of aromatic nitrogens is 1. The number of carbonyl (C=O) groups is 1. The highest BCUT2D eigenvalue weighted by Crippen LogP contribution is 2.16. The molecule has 2 nitrogen and oxygen atoms in total. The number of H-pyrrole nitrogens is 1. The van der Waals surface area contributed by atoms with Gasteiger partial charge in [0, 0.05) is 17.0 Å². The molecule has 0 radical (unpaired) electrons. The van der Waals surface area contributed by atoms with Crippen molar-refractivity contribution in [1.82, 2.24) is 4.98 Å². The minimum absolute atomic E-state index is 0.143. The Kier molecular flexibility index (Phi) is 4.46. The summed E-state index contributed by atoms with van der Waals surface area (Å²) < 4.78 is 0. The van der Waals surface area contributed by atoms with E-state index in [2.05, 4.69) is 4.98 Å². The largest absolute Gasteiger partial charge is 0.362 e. The number of ketones is 1. The van der Waals surface area contributed by atoms with Crippen molar-refractivity contribution in [3.8, 4) is 0 Å². The summed E-state index contributed by atoms with van der Waals surface area (Å²) in [5.74, 6) is 0.143. The number of aromatic amines is 1. The molecule has 0 unspecified atom stereocenters. The van der Waals surface area contributed by atoms with Crippen LogP contribution in [0.4, 0.5) is 0 Å². The summed E-state index contributed by atoms with van der Waals surface area (Å²) in [6, 6.07) is 0. The fraction of sp³-hybridized carbons (Fsp3) is 0.545. The lowest BCUT2D eigenvalue weighted by Gasteiger charge is -1.93. The standard InChI is InChI=1S/C9H13NO.C2H6/c1-5-6(2)10-7(3)9(5)8(4)11;1-2/h10H,1-4H3;1-2H3. The average molecular weight is 181 g/mol. The normalized spacial score (nSPS) is 9.08. The molecular formula is C11H19NO. The van der Waals surface area contributed by atoms with E-state index in [1.54, 1.807) is 6.92 Å². The highest BCUT2D eigenvalue weighted by Gasteiger charge is 2.11. The fourth-order valence-corrected chi connectivity index (χ4v) is 1.43. The second kappa shape index (κ2) is 4.85. The first-order valence-corrected chi connectivity index (χ1v) is 4.70.